The summed E-state index contributed by atoms with van der Waals surface area (Å²) in [7, 11) is -5.20. The normalized spacial score (nSPS) is 18.1. The summed E-state index contributed by atoms with van der Waals surface area (Å²) in [5.74, 6) is 0. The van der Waals surface area contributed by atoms with Gasteiger partial charge in [-0.1, -0.05) is 55.4 Å². The average molecular weight is 337 g/mol. The van der Waals surface area contributed by atoms with Crippen LogP contribution in [0, 0.1) is 0 Å². The first-order chi connectivity index (χ1) is 10.2. The van der Waals surface area contributed by atoms with E-state index in [0.717, 1.165) is 18.4 Å². The average Bonchev–Trinajstić information content (AvgIpc) is 2.47. The molecule has 4 heteroatoms. The van der Waals surface area contributed by atoms with Crippen LogP contribution in [0.4, 0.5) is 0 Å². The topological polar surface area (TPSA) is 34.1 Å². The lowest BCUT2D eigenvalue weighted by atomic mass is 9.92. The lowest BCUT2D eigenvalue weighted by molar-refractivity contribution is 0.583. The Balaban J connectivity index is 2.52. The molecule has 1 aromatic rings. The van der Waals surface area contributed by atoms with E-state index in [1.807, 2.05) is 18.2 Å². The van der Waals surface area contributed by atoms with Crippen molar-refractivity contribution in [3.63, 3.8) is 0 Å². The molecular formula is C18H28O2SSi. The van der Waals surface area contributed by atoms with E-state index in [4.69, 9.17) is 0 Å². The number of hydrogen-bond acceptors (Lipinski definition) is 2. The minimum atomic E-state index is -3.30. The molecule has 0 radical (unpaired) electrons. The summed E-state index contributed by atoms with van der Waals surface area (Å²) >= 11 is 0. The van der Waals surface area contributed by atoms with Gasteiger partial charge in [-0.05, 0) is 44.7 Å². The van der Waals surface area contributed by atoms with Crippen LogP contribution < -0.4 is 0 Å². The van der Waals surface area contributed by atoms with Crippen LogP contribution >= 0.6 is 0 Å². The predicted octanol–water partition coefficient (Wildman–Crippen LogP) is 4.99. The fraction of sp³-hybridized carbons (Fsp3) is 0.556. The largest absolute Gasteiger partial charge is 0.223 e. The van der Waals surface area contributed by atoms with E-state index in [1.54, 1.807) is 12.1 Å². The highest BCUT2D eigenvalue weighted by Gasteiger charge is 2.40. The molecule has 0 spiro atoms. The maximum Gasteiger partial charge on any atom is 0.182 e. The molecule has 1 atom stereocenters. The lowest BCUT2D eigenvalue weighted by Crippen LogP contribution is -2.45. The molecule has 0 aromatic heterocycles. The predicted molar refractivity (Wildman–Crippen MR) is 96.5 cm³/mol. The van der Waals surface area contributed by atoms with Gasteiger partial charge in [0.05, 0.1) is 17.8 Å². The number of hydrogen-bond donors (Lipinski definition) is 0. The number of benzene rings is 1. The second-order valence-corrected chi connectivity index (χ2v) is 15.2. The molecule has 22 heavy (non-hydrogen) atoms. The lowest BCUT2D eigenvalue weighted by Gasteiger charge is -2.32. The van der Waals surface area contributed by atoms with Gasteiger partial charge in [-0.15, -0.1) is 0 Å². The molecule has 2 rings (SSSR count). The van der Waals surface area contributed by atoms with Gasteiger partial charge in [-0.2, -0.15) is 0 Å². The van der Waals surface area contributed by atoms with Gasteiger partial charge in [0.25, 0.3) is 0 Å². The summed E-state index contributed by atoms with van der Waals surface area (Å²) in [6.07, 6.45) is 5.85. The van der Waals surface area contributed by atoms with Crippen molar-refractivity contribution in [2.24, 2.45) is 0 Å². The van der Waals surface area contributed by atoms with Crippen LogP contribution in [-0.4, -0.2) is 21.4 Å². The first-order valence-electron chi connectivity index (χ1n) is 8.22. The van der Waals surface area contributed by atoms with Crippen LogP contribution in [-0.2, 0) is 9.84 Å². The van der Waals surface area contributed by atoms with Crippen LogP contribution in [0.25, 0.3) is 0 Å². The standard InChI is InChI=1S/C18H28O2SSi/c1-15(16-11-7-5-8-12-16)18(22(2,3)4)21(19,20)17-13-9-6-10-14-17/h6,9-10,13-14,18H,5,7-8,11-12H2,1-4H3. The minimum Gasteiger partial charge on any atom is -0.223 e. The SMILES string of the molecule is CC(=C1CCCCC1)C([Si](C)(C)C)S(=O)(=O)c1ccccc1. The van der Waals surface area contributed by atoms with Crippen molar-refractivity contribution in [2.45, 2.75) is 68.4 Å². The Kier molecular flexibility index (Phi) is 5.33. The van der Waals surface area contributed by atoms with Gasteiger partial charge in [-0.25, -0.2) is 8.42 Å². The Bertz CT molecular complexity index is 631. The highest BCUT2D eigenvalue weighted by atomic mass is 32.2. The van der Waals surface area contributed by atoms with Gasteiger partial charge in [0.2, 0.25) is 0 Å². The maximum atomic E-state index is 13.3. The second-order valence-electron chi connectivity index (χ2n) is 7.45. The Morgan fingerprint density at radius 1 is 1.00 bits per heavy atom. The Hall–Kier alpha value is -0.873. The van der Waals surface area contributed by atoms with E-state index in [1.165, 1.54) is 24.8 Å². The summed E-state index contributed by atoms with van der Waals surface area (Å²) in [6.45, 7) is 8.59. The van der Waals surface area contributed by atoms with E-state index >= 15 is 0 Å². The second kappa shape index (κ2) is 6.71. The number of allylic oxidation sites excluding steroid dienone is 1. The van der Waals surface area contributed by atoms with Crippen molar-refractivity contribution in [3.8, 4) is 0 Å². The van der Waals surface area contributed by atoms with Crippen molar-refractivity contribution < 1.29 is 8.42 Å². The molecule has 1 aliphatic rings. The van der Waals surface area contributed by atoms with Gasteiger partial charge in [0.1, 0.15) is 0 Å². The Labute approximate surface area is 136 Å². The quantitative estimate of drug-likeness (QED) is 0.573. The summed E-state index contributed by atoms with van der Waals surface area (Å²) in [4.78, 5) is 0.161. The third-order valence-electron chi connectivity index (χ3n) is 4.58. The zero-order valence-electron chi connectivity index (χ0n) is 14.2. The number of sulfone groups is 1. The van der Waals surface area contributed by atoms with E-state index in [-0.39, 0.29) is 4.87 Å². The highest BCUT2D eigenvalue weighted by molar-refractivity contribution is 7.94. The third kappa shape index (κ3) is 3.72. The van der Waals surface area contributed by atoms with Crippen LogP contribution in [0.2, 0.25) is 19.6 Å². The van der Waals surface area contributed by atoms with Gasteiger partial charge in [0.15, 0.2) is 9.84 Å². The fourth-order valence-electron chi connectivity index (χ4n) is 3.65. The minimum absolute atomic E-state index is 0.310. The van der Waals surface area contributed by atoms with Crippen LogP contribution in [0.5, 0.6) is 0 Å². The first kappa shape index (κ1) is 17.5. The van der Waals surface area contributed by atoms with E-state index in [0.29, 0.717) is 4.90 Å². The molecule has 0 aliphatic heterocycles. The summed E-state index contributed by atoms with van der Waals surface area (Å²) in [5, 5.41) is 0. The van der Waals surface area contributed by atoms with Crippen LogP contribution in [0.1, 0.15) is 39.0 Å². The molecule has 1 aliphatic carbocycles. The van der Waals surface area contributed by atoms with Gasteiger partial charge in [-0.3, -0.25) is 0 Å². The summed E-state index contributed by atoms with van der Waals surface area (Å²) in [6, 6.07) is 8.98. The molecule has 0 amide bonds. The zero-order chi connectivity index (χ0) is 16.4. The van der Waals surface area contributed by atoms with Gasteiger partial charge in [0, 0.05) is 0 Å². The molecule has 0 N–H and O–H groups in total. The summed E-state index contributed by atoms with van der Waals surface area (Å²) < 4.78 is 26.5. The van der Waals surface area contributed by atoms with E-state index in [2.05, 4.69) is 26.6 Å². The molecule has 1 fully saturated rings. The molecule has 1 unspecified atom stereocenters. The highest BCUT2D eigenvalue weighted by Crippen LogP contribution is 2.34. The number of rotatable bonds is 4. The van der Waals surface area contributed by atoms with Crippen LogP contribution in [0.3, 0.4) is 0 Å². The zero-order valence-corrected chi connectivity index (χ0v) is 16.0. The molecule has 1 saturated carbocycles. The van der Waals surface area contributed by atoms with Crippen molar-refractivity contribution >= 4 is 17.9 Å². The van der Waals surface area contributed by atoms with Crippen LogP contribution in [0.15, 0.2) is 46.4 Å². The molecule has 1 aromatic carbocycles. The van der Waals surface area contributed by atoms with Crippen molar-refractivity contribution in [3.05, 3.63) is 41.5 Å². The van der Waals surface area contributed by atoms with E-state index in [9.17, 15) is 8.42 Å². The molecular weight excluding hydrogens is 308 g/mol. The Morgan fingerprint density at radius 3 is 2.05 bits per heavy atom. The fourth-order valence-corrected chi connectivity index (χ4v) is 10.7. The Morgan fingerprint density at radius 2 is 1.55 bits per heavy atom. The molecule has 122 valence electrons. The summed E-state index contributed by atoms with van der Waals surface area (Å²) in [5.41, 5.74) is 2.54. The van der Waals surface area contributed by atoms with Crippen molar-refractivity contribution in [1.29, 1.82) is 0 Å². The molecule has 0 saturated heterocycles. The van der Waals surface area contributed by atoms with Crippen molar-refractivity contribution in [1.82, 2.24) is 0 Å². The van der Waals surface area contributed by atoms with Gasteiger partial charge >= 0.3 is 0 Å². The molecule has 0 heterocycles. The maximum absolute atomic E-state index is 13.3. The molecule has 0 bridgehead atoms. The monoisotopic (exact) mass is 336 g/mol. The van der Waals surface area contributed by atoms with E-state index < -0.39 is 17.9 Å². The third-order valence-corrected chi connectivity index (χ3v) is 11.5. The van der Waals surface area contributed by atoms with Crippen molar-refractivity contribution in [2.75, 3.05) is 0 Å². The first-order valence-corrected chi connectivity index (χ1v) is 13.3. The smallest absolute Gasteiger partial charge is 0.182 e. The van der Waals surface area contributed by atoms with Gasteiger partial charge < -0.3 is 0 Å². The molecule has 2 nitrogen and oxygen atoms in total.